The summed E-state index contributed by atoms with van der Waals surface area (Å²) in [7, 11) is 1.64. The van der Waals surface area contributed by atoms with Crippen molar-refractivity contribution < 1.29 is 9.26 Å². The number of pyridine rings is 1. The average molecular weight is 341 g/mol. The molecule has 1 unspecified atom stereocenters. The summed E-state index contributed by atoms with van der Waals surface area (Å²) in [5.74, 6) is 1.23. The Hall–Kier alpha value is -1.31. The van der Waals surface area contributed by atoms with E-state index in [1.54, 1.807) is 13.3 Å². The van der Waals surface area contributed by atoms with E-state index >= 15 is 0 Å². The third-order valence-electron chi connectivity index (χ3n) is 2.79. The molecule has 0 bridgehead atoms. The first-order valence-electron chi connectivity index (χ1n) is 6.34. The minimum atomic E-state index is 0.115. The van der Waals surface area contributed by atoms with Crippen LogP contribution in [0.15, 0.2) is 27.3 Å². The van der Waals surface area contributed by atoms with Crippen LogP contribution in [0, 0.1) is 0 Å². The molecule has 2 aromatic heterocycles. The van der Waals surface area contributed by atoms with Crippen LogP contribution in [0.2, 0.25) is 0 Å². The van der Waals surface area contributed by atoms with Crippen LogP contribution >= 0.6 is 15.9 Å². The summed E-state index contributed by atoms with van der Waals surface area (Å²) >= 11 is 3.37. The number of halogens is 1. The van der Waals surface area contributed by atoms with Gasteiger partial charge in [0.2, 0.25) is 5.89 Å². The predicted molar refractivity (Wildman–Crippen MR) is 77.1 cm³/mol. The Balaban J connectivity index is 1.85. The highest BCUT2D eigenvalue weighted by molar-refractivity contribution is 9.10. The first-order chi connectivity index (χ1) is 9.69. The van der Waals surface area contributed by atoms with Gasteiger partial charge in [0.15, 0.2) is 5.82 Å². The summed E-state index contributed by atoms with van der Waals surface area (Å²) in [4.78, 5) is 8.63. The van der Waals surface area contributed by atoms with Crippen molar-refractivity contribution in [2.75, 3.05) is 13.7 Å². The van der Waals surface area contributed by atoms with E-state index in [2.05, 4.69) is 36.4 Å². The van der Waals surface area contributed by atoms with Gasteiger partial charge < -0.3 is 14.6 Å². The molecule has 7 heteroatoms. The highest BCUT2D eigenvalue weighted by atomic mass is 79.9. The van der Waals surface area contributed by atoms with Gasteiger partial charge in [0.25, 0.3) is 0 Å². The van der Waals surface area contributed by atoms with Crippen molar-refractivity contribution in [3.05, 3.63) is 40.2 Å². The molecule has 0 aliphatic heterocycles. The largest absolute Gasteiger partial charge is 0.384 e. The molecule has 1 N–H and O–H groups in total. The number of nitrogens with zero attached hydrogens (tertiary/aromatic N) is 3. The molecule has 0 aliphatic carbocycles. The first-order valence-corrected chi connectivity index (χ1v) is 7.13. The quantitative estimate of drug-likeness (QED) is 0.833. The molecule has 2 aromatic rings. The van der Waals surface area contributed by atoms with Crippen LogP contribution in [0.1, 0.15) is 30.4 Å². The van der Waals surface area contributed by atoms with Crippen LogP contribution in [0.4, 0.5) is 0 Å². The van der Waals surface area contributed by atoms with Crippen molar-refractivity contribution in [2.24, 2.45) is 0 Å². The molecule has 0 radical (unpaired) electrons. The van der Waals surface area contributed by atoms with Crippen molar-refractivity contribution in [1.29, 1.82) is 0 Å². The third-order valence-corrected chi connectivity index (χ3v) is 3.26. The van der Waals surface area contributed by atoms with E-state index in [1.807, 2.05) is 19.1 Å². The Morgan fingerprint density at radius 1 is 1.45 bits per heavy atom. The summed E-state index contributed by atoms with van der Waals surface area (Å²) in [5.41, 5.74) is 0.969. The van der Waals surface area contributed by atoms with E-state index in [0.29, 0.717) is 31.3 Å². The number of rotatable bonds is 7. The first kappa shape index (κ1) is 15.1. The SMILES string of the molecule is COCCc1nc(CNC(C)c2ccc(Br)cn2)no1. The lowest BCUT2D eigenvalue weighted by molar-refractivity contribution is 0.192. The number of aromatic nitrogens is 3. The zero-order valence-corrected chi connectivity index (χ0v) is 13.1. The third kappa shape index (κ3) is 4.36. The van der Waals surface area contributed by atoms with Crippen LogP contribution in [-0.4, -0.2) is 28.8 Å². The van der Waals surface area contributed by atoms with Gasteiger partial charge >= 0.3 is 0 Å². The molecule has 0 aliphatic rings. The molecule has 0 saturated carbocycles. The fourth-order valence-electron chi connectivity index (χ4n) is 1.65. The Morgan fingerprint density at radius 3 is 3.00 bits per heavy atom. The van der Waals surface area contributed by atoms with E-state index in [9.17, 15) is 0 Å². The Kier molecular flexibility index (Phi) is 5.63. The smallest absolute Gasteiger partial charge is 0.229 e. The Bertz CT molecular complexity index is 529. The molecule has 108 valence electrons. The maximum Gasteiger partial charge on any atom is 0.229 e. The molecule has 0 fully saturated rings. The molecule has 20 heavy (non-hydrogen) atoms. The fourth-order valence-corrected chi connectivity index (χ4v) is 1.88. The molecule has 0 aromatic carbocycles. The summed E-state index contributed by atoms with van der Waals surface area (Å²) < 4.78 is 11.0. The molecule has 6 nitrogen and oxygen atoms in total. The standard InChI is InChI=1S/C13H17BrN4O2/c1-9(11-4-3-10(14)7-16-11)15-8-12-17-13(20-18-12)5-6-19-2/h3-4,7,9,15H,5-6,8H2,1-2H3. The molecule has 1 atom stereocenters. The van der Waals surface area contributed by atoms with E-state index in [0.717, 1.165) is 10.2 Å². The number of hydrogen-bond acceptors (Lipinski definition) is 6. The van der Waals surface area contributed by atoms with Crippen LogP contribution < -0.4 is 5.32 Å². The van der Waals surface area contributed by atoms with Crippen LogP contribution in [-0.2, 0) is 17.7 Å². The van der Waals surface area contributed by atoms with E-state index in [-0.39, 0.29) is 6.04 Å². The van der Waals surface area contributed by atoms with Gasteiger partial charge in [0, 0.05) is 23.8 Å². The van der Waals surface area contributed by atoms with Crippen molar-refractivity contribution in [2.45, 2.75) is 25.9 Å². The van der Waals surface area contributed by atoms with Gasteiger partial charge in [-0.1, -0.05) is 5.16 Å². The van der Waals surface area contributed by atoms with Crippen molar-refractivity contribution in [3.63, 3.8) is 0 Å². The molecular weight excluding hydrogens is 324 g/mol. The maximum atomic E-state index is 5.12. The maximum absolute atomic E-state index is 5.12. The summed E-state index contributed by atoms with van der Waals surface area (Å²) in [5, 5.41) is 7.23. The molecule has 0 amide bonds. The van der Waals surface area contributed by atoms with Crippen LogP contribution in [0.5, 0.6) is 0 Å². The minimum Gasteiger partial charge on any atom is -0.384 e. The number of ether oxygens (including phenoxy) is 1. The number of nitrogens with one attached hydrogen (secondary N) is 1. The molecule has 2 rings (SSSR count). The summed E-state index contributed by atoms with van der Waals surface area (Å²) in [6.07, 6.45) is 2.41. The van der Waals surface area contributed by atoms with E-state index < -0.39 is 0 Å². The second-order valence-corrected chi connectivity index (χ2v) is 5.27. The summed E-state index contributed by atoms with van der Waals surface area (Å²) in [6, 6.07) is 4.06. The van der Waals surface area contributed by atoms with Gasteiger partial charge in [-0.25, -0.2) is 0 Å². The van der Waals surface area contributed by atoms with E-state index in [1.165, 1.54) is 0 Å². The normalized spacial score (nSPS) is 12.6. The predicted octanol–water partition coefficient (Wildman–Crippen LogP) is 2.27. The average Bonchev–Trinajstić information content (AvgIpc) is 2.91. The highest BCUT2D eigenvalue weighted by Gasteiger charge is 2.10. The minimum absolute atomic E-state index is 0.115. The molecule has 2 heterocycles. The van der Waals surface area contributed by atoms with Crippen molar-refractivity contribution in [1.82, 2.24) is 20.4 Å². The number of hydrogen-bond donors (Lipinski definition) is 1. The van der Waals surface area contributed by atoms with Crippen LogP contribution in [0.25, 0.3) is 0 Å². The van der Waals surface area contributed by atoms with Gasteiger partial charge in [0.1, 0.15) is 0 Å². The van der Waals surface area contributed by atoms with Crippen LogP contribution in [0.3, 0.4) is 0 Å². The molecule has 0 spiro atoms. The zero-order valence-electron chi connectivity index (χ0n) is 11.5. The van der Waals surface area contributed by atoms with Gasteiger partial charge in [-0.3, -0.25) is 4.98 Å². The highest BCUT2D eigenvalue weighted by Crippen LogP contribution is 2.13. The fraction of sp³-hybridized carbons (Fsp3) is 0.462. The van der Waals surface area contributed by atoms with Crippen molar-refractivity contribution in [3.8, 4) is 0 Å². The topological polar surface area (TPSA) is 73.1 Å². The second-order valence-electron chi connectivity index (χ2n) is 4.35. The lowest BCUT2D eigenvalue weighted by atomic mass is 10.2. The monoisotopic (exact) mass is 340 g/mol. The van der Waals surface area contributed by atoms with E-state index in [4.69, 9.17) is 9.26 Å². The molecule has 0 saturated heterocycles. The zero-order chi connectivity index (χ0) is 14.4. The summed E-state index contributed by atoms with van der Waals surface area (Å²) in [6.45, 7) is 3.16. The lowest BCUT2D eigenvalue weighted by Crippen LogP contribution is -2.19. The Morgan fingerprint density at radius 2 is 2.30 bits per heavy atom. The number of methoxy groups -OCH3 is 1. The van der Waals surface area contributed by atoms with Gasteiger partial charge in [0.05, 0.1) is 25.3 Å². The van der Waals surface area contributed by atoms with Crippen molar-refractivity contribution >= 4 is 15.9 Å². The Labute approximate surface area is 126 Å². The molecular formula is C13H17BrN4O2. The van der Waals surface area contributed by atoms with Gasteiger partial charge in [-0.15, -0.1) is 0 Å². The lowest BCUT2D eigenvalue weighted by Gasteiger charge is -2.11. The second kappa shape index (κ2) is 7.47. The van der Waals surface area contributed by atoms with Gasteiger partial charge in [-0.05, 0) is 35.0 Å². The van der Waals surface area contributed by atoms with Gasteiger partial charge in [-0.2, -0.15) is 4.98 Å².